The standard InChI is InChI=1S/C27H30ClN5/c1-7-13-29-19(5)18(4)26-25(20(6)32-15-21(8-2)16-32)27-30-24(14-17(3)33(27)31-26)22-9-11-23(28)12-10-22/h7,9-14,21,30H,3-4,6,8,15-16H2,1-2,5H3/b13-7-,29-19?. The first-order valence-electron chi connectivity index (χ1n) is 11.2. The van der Waals surface area contributed by atoms with E-state index in [0.717, 1.165) is 64.1 Å². The second-order valence-corrected chi connectivity index (χ2v) is 8.90. The molecule has 0 atom stereocenters. The number of rotatable bonds is 7. The van der Waals surface area contributed by atoms with Crippen molar-refractivity contribution in [3.05, 3.63) is 84.2 Å². The van der Waals surface area contributed by atoms with Gasteiger partial charge in [-0.1, -0.05) is 56.5 Å². The van der Waals surface area contributed by atoms with Gasteiger partial charge in [-0.3, -0.25) is 4.99 Å². The molecule has 1 aromatic carbocycles. The molecule has 6 heteroatoms. The van der Waals surface area contributed by atoms with Crippen LogP contribution >= 0.6 is 11.6 Å². The highest BCUT2D eigenvalue weighted by Crippen LogP contribution is 2.41. The molecule has 1 fully saturated rings. The van der Waals surface area contributed by atoms with Crippen LogP contribution in [0.15, 0.2) is 67.3 Å². The number of aliphatic imine (C=N–C) groups is 1. The molecule has 2 aliphatic heterocycles. The minimum absolute atomic E-state index is 0.699. The number of nitrogens with one attached hydrogen (secondary N) is 1. The van der Waals surface area contributed by atoms with Crippen LogP contribution < -0.4 is 5.32 Å². The zero-order chi connectivity index (χ0) is 23.7. The summed E-state index contributed by atoms with van der Waals surface area (Å²) in [6.07, 6.45) is 6.82. The van der Waals surface area contributed by atoms with E-state index in [1.165, 1.54) is 6.42 Å². The van der Waals surface area contributed by atoms with Crippen molar-refractivity contribution in [2.24, 2.45) is 10.9 Å². The highest BCUT2D eigenvalue weighted by molar-refractivity contribution is 6.30. The van der Waals surface area contributed by atoms with Gasteiger partial charge >= 0.3 is 0 Å². The second kappa shape index (κ2) is 9.28. The Kier molecular flexibility index (Phi) is 6.43. The van der Waals surface area contributed by atoms with Gasteiger partial charge in [0.05, 0.1) is 11.3 Å². The highest BCUT2D eigenvalue weighted by Gasteiger charge is 2.33. The molecule has 3 heterocycles. The highest BCUT2D eigenvalue weighted by atomic mass is 35.5. The maximum absolute atomic E-state index is 6.10. The lowest BCUT2D eigenvalue weighted by Crippen LogP contribution is -2.44. The molecule has 1 N–H and O–H groups in total. The number of likely N-dealkylation sites (tertiary alicyclic amines) is 1. The Balaban J connectivity index is 1.78. The Hall–Kier alpha value is -3.31. The van der Waals surface area contributed by atoms with E-state index in [1.54, 1.807) is 6.20 Å². The van der Waals surface area contributed by atoms with Gasteiger partial charge in [0.25, 0.3) is 0 Å². The number of hydrogen-bond acceptors (Lipinski definition) is 4. The van der Waals surface area contributed by atoms with E-state index in [4.69, 9.17) is 16.7 Å². The third-order valence-corrected chi connectivity index (χ3v) is 6.47. The third-order valence-electron chi connectivity index (χ3n) is 6.22. The summed E-state index contributed by atoms with van der Waals surface area (Å²) in [6, 6.07) is 7.74. The molecule has 1 aromatic heterocycles. The summed E-state index contributed by atoms with van der Waals surface area (Å²) in [4.78, 5) is 6.81. The van der Waals surface area contributed by atoms with Crippen LogP contribution in [0.5, 0.6) is 0 Å². The van der Waals surface area contributed by atoms with Crippen molar-refractivity contribution in [3.8, 4) is 0 Å². The fourth-order valence-corrected chi connectivity index (χ4v) is 4.17. The molecule has 0 radical (unpaired) electrons. The van der Waals surface area contributed by atoms with E-state index < -0.39 is 0 Å². The number of halogens is 1. The van der Waals surface area contributed by atoms with Crippen molar-refractivity contribution < 1.29 is 0 Å². The second-order valence-electron chi connectivity index (χ2n) is 8.47. The fourth-order valence-electron chi connectivity index (χ4n) is 4.04. The first-order valence-corrected chi connectivity index (χ1v) is 11.6. The predicted octanol–water partition coefficient (Wildman–Crippen LogP) is 6.79. The van der Waals surface area contributed by atoms with E-state index in [-0.39, 0.29) is 0 Å². The summed E-state index contributed by atoms with van der Waals surface area (Å²) in [5.41, 5.74) is 6.93. The SMILES string of the molecule is C=C(C(C)=N/C=C\C)c1nn2c(c1C(=C)N1CC(CC)C1)NC(c1ccc(Cl)cc1)=CC2=C. The van der Waals surface area contributed by atoms with Crippen LogP contribution in [0.25, 0.3) is 22.7 Å². The summed E-state index contributed by atoms with van der Waals surface area (Å²) in [6.45, 7) is 21.2. The van der Waals surface area contributed by atoms with Crippen LogP contribution in [0.4, 0.5) is 5.82 Å². The van der Waals surface area contributed by atoms with Gasteiger partial charge in [-0.25, -0.2) is 4.68 Å². The first kappa shape index (κ1) is 22.9. The number of anilines is 1. The minimum atomic E-state index is 0.699. The van der Waals surface area contributed by atoms with Crippen molar-refractivity contribution in [1.29, 1.82) is 0 Å². The average Bonchev–Trinajstić information content (AvgIpc) is 3.16. The summed E-state index contributed by atoms with van der Waals surface area (Å²) in [7, 11) is 0. The van der Waals surface area contributed by atoms with E-state index in [2.05, 4.69) is 41.9 Å². The van der Waals surface area contributed by atoms with E-state index >= 15 is 0 Å². The van der Waals surface area contributed by atoms with Crippen molar-refractivity contribution in [1.82, 2.24) is 14.7 Å². The molecule has 0 aliphatic carbocycles. The van der Waals surface area contributed by atoms with Gasteiger partial charge < -0.3 is 10.2 Å². The van der Waals surface area contributed by atoms with Crippen molar-refractivity contribution in [3.63, 3.8) is 0 Å². The molecule has 0 spiro atoms. The molecule has 2 aliphatic rings. The fraction of sp³-hybridized carbons (Fsp3) is 0.259. The number of aromatic nitrogens is 2. The molecule has 4 rings (SSSR count). The molecule has 0 saturated carbocycles. The molecule has 0 bridgehead atoms. The van der Waals surface area contributed by atoms with Gasteiger partial charge in [-0.15, -0.1) is 0 Å². The summed E-state index contributed by atoms with van der Waals surface area (Å²) in [5, 5.41) is 9.17. The van der Waals surface area contributed by atoms with Gasteiger partial charge in [-0.05, 0) is 50.0 Å². The van der Waals surface area contributed by atoms with Gasteiger partial charge in [0, 0.05) is 47.0 Å². The zero-order valence-electron chi connectivity index (χ0n) is 19.5. The first-order chi connectivity index (χ1) is 15.8. The molecule has 33 heavy (non-hydrogen) atoms. The smallest absolute Gasteiger partial charge is 0.144 e. The van der Waals surface area contributed by atoms with Gasteiger partial charge in [0.1, 0.15) is 11.5 Å². The summed E-state index contributed by atoms with van der Waals surface area (Å²) in [5.74, 6) is 1.54. The molecular formula is C27H30ClN5. The molecule has 170 valence electrons. The number of nitrogens with zero attached hydrogens (tertiary/aromatic N) is 4. The van der Waals surface area contributed by atoms with Gasteiger partial charge in [0.15, 0.2) is 0 Å². The molecule has 1 saturated heterocycles. The Morgan fingerprint density at radius 3 is 2.61 bits per heavy atom. The maximum Gasteiger partial charge on any atom is 0.144 e. The average molecular weight is 460 g/mol. The molecular weight excluding hydrogens is 430 g/mol. The molecule has 0 unspecified atom stereocenters. The Morgan fingerprint density at radius 2 is 1.97 bits per heavy atom. The topological polar surface area (TPSA) is 45.5 Å². The number of benzene rings is 1. The Labute approximate surface area is 201 Å². The Morgan fingerprint density at radius 1 is 1.27 bits per heavy atom. The van der Waals surface area contributed by atoms with Crippen LogP contribution in [0.2, 0.25) is 5.02 Å². The van der Waals surface area contributed by atoms with Crippen LogP contribution in [0.3, 0.4) is 0 Å². The van der Waals surface area contributed by atoms with E-state index in [9.17, 15) is 0 Å². The van der Waals surface area contributed by atoms with Crippen molar-refractivity contribution in [2.75, 3.05) is 18.4 Å². The third kappa shape index (κ3) is 4.33. The maximum atomic E-state index is 6.10. The van der Waals surface area contributed by atoms with Gasteiger partial charge in [0.2, 0.25) is 0 Å². The number of fused-ring (bicyclic) bond motifs is 1. The number of allylic oxidation sites excluding steroid dienone is 4. The van der Waals surface area contributed by atoms with Gasteiger partial charge in [-0.2, -0.15) is 5.10 Å². The molecule has 2 aromatic rings. The minimum Gasteiger partial charge on any atom is -0.371 e. The Bertz CT molecular complexity index is 1200. The normalized spacial score (nSPS) is 16.4. The van der Waals surface area contributed by atoms with E-state index in [1.807, 2.05) is 54.9 Å². The van der Waals surface area contributed by atoms with Crippen molar-refractivity contribution in [2.45, 2.75) is 27.2 Å². The lowest BCUT2D eigenvalue weighted by atomic mass is 9.94. The monoisotopic (exact) mass is 459 g/mol. The quantitative estimate of drug-likeness (QED) is 0.463. The zero-order valence-corrected chi connectivity index (χ0v) is 20.3. The van der Waals surface area contributed by atoms with Crippen LogP contribution in [0.1, 0.15) is 44.0 Å². The molecule has 0 amide bonds. The molecule has 5 nitrogen and oxygen atoms in total. The lowest BCUT2D eigenvalue weighted by Gasteiger charge is -2.42. The predicted molar refractivity (Wildman–Crippen MR) is 142 cm³/mol. The van der Waals surface area contributed by atoms with Crippen LogP contribution in [-0.2, 0) is 0 Å². The van der Waals surface area contributed by atoms with E-state index in [0.29, 0.717) is 10.9 Å². The largest absolute Gasteiger partial charge is 0.371 e. The summed E-state index contributed by atoms with van der Waals surface area (Å²) < 4.78 is 1.83. The lowest BCUT2D eigenvalue weighted by molar-refractivity contribution is 0.170. The summed E-state index contributed by atoms with van der Waals surface area (Å²) >= 11 is 6.10. The van der Waals surface area contributed by atoms with Crippen LogP contribution in [-0.4, -0.2) is 33.5 Å². The van der Waals surface area contributed by atoms with Crippen molar-refractivity contribution >= 4 is 45.8 Å². The van der Waals surface area contributed by atoms with Crippen LogP contribution in [0, 0.1) is 5.92 Å². The number of hydrogen-bond donors (Lipinski definition) is 1.